The molecule has 8 heteroatoms. The SMILES string of the molecule is C[C@H]1CCCC[C@H]1NC(=S)N/N=C/c1ccc(O)c([N+](=O)[O-])c1. The molecule has 0 bridgehead atoms. The minimum absolute atomic E-state index is 0.355. The van der Waals surface area contributed by atoms with Crippen LogP contribution in [0.5, 0.6) is 5.75 Å². The number of nitrogens with one attached hydrogen (secondary N) is 2. The third-order valence-corrected chi connectivity index (χ3v) is 4.21. The summed E-state index contributed by atoms with van der Waals surface area (Å²) in [5.41, 5.74) is 2.86. The molecule has 1 aromatic rings. The summed E-state index contributed by atoms with van der Waals surface area (Å²) in [7, 11) is 0. The van der Waals surface area contributed by atoms with Crippen LogP contribution in [0.3, 0.4) is 0 Å². The van der Waals surface area contributed by atoms with Crippen LogP contribution in [0.15, 0.2) is 23.3 Å². The normalized spacial score (nSPS) is 21.1. The maximum absolute atomic E-state index is 10.8. The van der Waals surface area contributed by atoms with Gasteiger partial charge in [0.25, 0.3) is 0 Å². The smallest absolute Gasteiger partial charge is 0.311 e. The second-order valence-corrected chi connectivity index (χ2v) is 6.13. The van der Waals surface area contributed by atoms with Gasteiger partial charge in [-0.2, -0.15) is 5.10 Å². The van der Waals surface area contributed by atoms with Crippen molar-refractivity contribution < 1.29 is 10.0 Å². The molecule has 1 saturated carbocycles. The van der Waals surface area contributed by atoms with Gasteiger partial charge in [-0.05, 0) is 43.1 Å². The fourth-order valence-corrected chi connectivity index (χ4v) is 2.87. The van der Waals surface area contributed by atoms with E-state index in [-0.39, 0.29) is 11.4 Å². The Hall–Kier alpha value is -2.22. The maximum Gasteiger partial charge on any atom is 0.311 e. The summed E-state index contributed by atoms with van der Waals surface area (Å²) < 4.78 is 0. The second kappa shape index (κ2) is 7.87. The molecule has 124 valence electrons. The first-order valence-corrected chi connectivity index (χ1v) is 7.95. The molecule has 1 aromatic carbocycles. The Kier molecular flexibility index (Phi) is 5.86. The van der Waals surface area contributed by atoms with Crippen molar-refractivity contribution in [1.29, 1.82) is 0 Å². The van der Waals surface area contributed by atoms with Gasteiger partial charge in [-0.25, -0.2) is 0 Å². The van der Waals surface area contributed by atoms with Crippen molar-refractivity contribution in [3.05, 3.63) is 33.9 Å². The first-order valence-electron chi connectivity index (χ1n) is 7.54. The number of rotatable bonds is 4. The van der Waals surface area contributed by atoms with E-state index in [0.717, 1.165) is 6.42 Å². The van der Waals surface area contributed by atoms with Gasteiger partial charge >= 0.3 is 5.69 Å². The molecule has 3 N–H and O–H groups in total. The van der Waals surface area contributed by atoms with Crippen LogP contribution in [0.4, 0.5) is 5.69 Å². The minimum Gasteiger partial charge on any atom is -0.502 e. The number of phenolic OH excluding ortho intramolecular Hbond substituents is 1. The average Bonchev–Trinajstić information content (AvgIpc) is 2.51. The standard InChI is InChI=1S/C15H20N4O3S/c1-10-4-2-3-5-12(10)17-15(23)18-16-9-11-6-7-14(20)13(8-11)19(21)22/h6-10,12,20H,2-5H2,1H3,(H2,17,18,23)/b16-9+/t10-,12+/m0/s1. The Morgan fingerprint density at radius 2 is 2.22 bits per heavy atom. The zero-order chi connectivity index (χ0) is 16.8. The lowest BCUT2D eigenvalue weighted by Gasteiger charge is -2.30. The minimum atomic E-state index is -0.642. The van der Waals surface area contributed by atoms with E-state index in [1.165, 1.54) is 43.7 Å². The summed E-state index contributed by atoms with van der Waals surface area (Å²) in [6.45, 7) is 2.21. The molecular formula is C15H20N4O3S. The monoisotopic (exact) mass is 336 g/mol. The van der Waals surface area contributed by atoms with Crippen LogP contribution in [0, 0.1) is 16.0 Å². The van der Waals surface area contributed by atoms with Gasteiger partial charge < -0.3 is 10.4 Å². The van der Waals surface area contributed by atoms with Gasteiger partial charge in [0.15, 0.2) is 10.9 Å². The quantitative estimate of drug-likeness (QED) is 0.338. The van der Waals surface area contributed by atoms with Gasteiger partial charge in [-0.15, -0.1) is 0 Å². The third kappa shape index (κ3) is 4.88. The fourth-order valence-electron chi connectivity index (χ4n) is 2.66. The molecule has 7 nitrogen and oxygen atoms in total. The highest BCUT2D eigenvalue weighted by Gasteiger charge is 2.21. The molecule has 0 radical (unpaired) electrons. The topological polar surface area (TPSA) is 99.8 Å². The van der Waals surface area contributed by atoms with Gasteiger partial charge in [0.2, 0.25) is 0 Å². The van der Waals surface area contributed by atoms with E-state index in [9.17, 15) is 15.2 Å². The van der Waals surface area contributed by atoms with Crippen LogP contribution in [0.2, 0.25) is 0 Å². The number of hydrogen-bond donors (Lipinski definition) is 3. The van der Waals surface area contributed by atoms with Crippen molar-refractivity contribution in [1.82, 2.24) is 10.7 Å². The van der Waals surface area contributed by atoms with Crippen molar-refractivity contribution >= 4 is 29.2 Å². The molecule has 0 heterocycles. The number of aromatic hydroxyl groups is 1. The number of nitrogens with zero attached hydrogens (tertiary/aromatic N) is 2. The van der Waals surface area contributed by atoms with Crippen molar-refractivity contribution in [3.8, 4) is 5.75 Å². The molecule has 23 heavy (non-hydrogen) atoms. The number of nitro benzene ring substituents is 1. The molecule has 0 unspecified atom stereocenters. The number of hydrogen-bond acceptors (Lipinski definition) is 5. The van der Waals surface area contributed by atoms with Crippen LogP contribution < -0.4 is 10.7 Å². The number of phenols is 1. The zero-order valence-electron chi connectivity index (χ0n) is 12.9. The Balaban J connectivity index is 1.89. The molecule has 0 spiro atoms. The molecule has 0 aliphatic heterocycles. The number of benzene rings is 1. The van der Waals surface area contributed by atoms with E-state index >= 15 is 0 Å². The van der Waals surface area contributed by atoms with E-state index in [2.05, 4.69) is 22.8 Å². The molecule has 1 fully saturated rings. The van der Waals surface area contributed by atoms with E-state index in [0.29, 0.717) is 22.6 Å². The van der Waals surface area contributed by atoms with E-state index in [1.54, 1.807) is 0 Å². The molecule has 1 aliphatic rings. The van der Waals surface area contributed by atoms with Crippen LogP contribution in [0.1, 0.15) is 38.2 Å². The molecule has 1 aliphatic carbocycles. The van der Waals surface area contributed by atoms with Crippen molar-refractivity contribution in [2.75, 3.05) is 0 Å². The highest BCUT2D eigenvalue weighted by molar-refractivity contribution is 7.80. The maximum atomic E-state index is 10.8. The largest absolute Gasteiger partial charge is 0.502 e. The van der Waals surface area contributed by atoms with E-state index in [1.807, 2.05) is 0 Å². The first-order chi connectivity index (χ1) is 11.0. The molecule has 2 rings (SSSR count). The summed E-state index contributed by atoms with van der Waals surface area (Å²) in [5.74, 6) is 0.204. The van der Waals surface area contributed by atoms with Gasteiger partial charge in [0.05, 0.1) is 11.1 Å². The predicted octanol–water partition coefficient (Wildman–Crippen LogP) is 2.68. The lowest BCUT2D eigenvalue weighted by molar-refractivity contribution is -0.385. The summed E-state index contributed by atoms with van der Waals surface area (Å²) in [6.07, 6.45) is 6.17. The Bertz CT molecular complexity index is 621. The predicted molar refractivity (Wildman–Crippen MR) is 92.6 cm³/mol. The summed E-state index contributed by atoms with van der Waals surface area (Å²) in [4.78, 5) is 10.1. The lowest BCUT2D eigenvalue weighted by atomic mass is 9.86. The summed E-state index contributed by atoms with van der Waals surface area (Å²) in [6, 6.07) is 4.40. The molecular weight excluding hydrogens is 316 g/mol. The average molecular weight is 336 g/mol. The molecule has 0 amide bonds. The molecule has 0 aromatic heterocycles. The number of hydrazone groups is 1. The third-order valence-electron chi connectivity index (χ3n) is 4.00. The van der Waals surface area contributed by atoms with Gasteiger partial charge in [-0.3, -0.25) is 15.5 Å². The van der Waals surface area contributed by atoms with Gasteiger partial charge in [-0.1, -0.05) is 19.8 Å². The van der Waals surface area contributed by atoms with Crippen LogP contribution in [-0.4, -0.2) is 27.4 Å². The lowest BCUT2D eigenvalue weighted by Crippen LogP contribution is -2.44. The zero-order valence-corrected chi connectivity index (χ0v) is 13.7. The highest BCUT2D eigenvalue weighted by Crippen LogP contribution is 2.25. The Morgan fingerprint density at radius 1 is 1.48 bits per heavy atom. The summed E-state index contributed by atoms with van der Waals surface area (Å²) in [5, 5.41) is 27.8. The Morgan fingerprint density at radius 3 is 2.91 bits per heavy atom. The van der Waals surface area contributed by atoms with Crippen molar-refractivity contribution in [2.24, 2.45) is 11.0 Å². The van der Waals surface area contributed by atoms with Crippen molar-refractivity contribution in [2.45, 2.75) is 38.6 Å². The van der Waals surface area contributed by atoms with E-state index < -0.39 is 4.92 Å². The van der Waals surface area contributed by atoms with Crippen LogP contribution in [0.25, 0.3) is 0 Å². The first kappa shape index (κ1) is 17.1. The van der Waals surface area contributed by atoms with Crippen LogP contribution in [-0.2, 0) is 0 Å². The molecule has 0 saturated heterocycles. The summed E-state index contributed by atoms with van der Waals surface area (Å²) >= 11 is 5.21. The number of thiocarbonyl (C=S) groups is 1. The second-order valence-electron chi connectivity index (χ2n) is 5.72. The van der Waals surface area contributed by atoms with E-state index in [4.69, 9.17) is 12.2 Å². The van der Waals surface area contributed by atoms with Gasteiger partial charge in [0, 0.05) is 17.7 Å². The highest BCUT2D eigenvalue weighted by atomic mass is 32.1. The van der Waals surface area contributed by atoms with Gasteiger partial charge in [0.1, 0.15) is 0 Å². The molecule has 2 atom stereocenters. The Labute approximate surface area is 139 Å². The number of nitro groups is 1. The van der Waals surface area contributed by atoms with Crippen molar-refractivity contribution in [3.63, 3.8) is 0 Å². The van der Waals surface area contributed by atoms with Crippen LogP contribution >= 0.6 is 12.2 Å². The fraction of sp³-hybridized carbons (Fsp3) is 0.467.